The van der Waals surface area contributed by atoms with Gasteiger partial charge in [-0.05, 0) is 23.8 Å². The Labute approximate surface area is 159 Å². The van der Waals surface area contributed by atoms with Crippen molar-refractivity contribution >= 4 is 17.1 Å². The van der Waals surface area contributed by atoms with Gasteiger partial charge in [-0.2, -0.15) is 0 Å². The molecule has 4 aromatic rings. The molecule has 0 aliphatic rings. The molecule has 1 heterocycles. The van der Waals surface area contributed by atoms with E-state index < -0.39 is 0 Å². The lowest BCUT2D eigenvalue weighted by Crippen LogP contribution is -1.94. The molecule has 3 aromatic carbocycles. The van der Waals surface area contributed by atoms with Crippen LogP contribution in [0.2, 0.25) is 0 Å². The first kappa shape index (κ1) is 17.0. The maximum absolute atomic E-state index is 5.37. The number of rotatable bonds is 5. The third kappa shape index (κ3) is 3.87. The van der Waals surface area contributed by atoms with Crippen LogP contribution in [0.25, 0.3) is 22.2 Å². The molecule has 4 rings (SSSR count). The number of nitrogens with zero attached hydrogens (tertiary/aromatic N) is 2. The van der Waals surface area contributed by atoms with Crippen molar-refractivity contribution in [2.24, 2.45) is 4.99 Å². The van der Waals surface area contributed by atoms with Gasteiger partial charge in [-0.1, -0.05) is 60.7 Å². The molecule has 27 heavy (non-hydrogen) atoms. The second-order valence-electron chi connectivity index (χ2n) is 6.30. The van der Waals surface area contributed by atoms with E-state index in [9.17, 15) is 0 Å². The highest BCUT2D eigenvalue weighted by atomic mass is 16.5. The van der Waals surface area contributed by atoms with E-state index in [1.807, 2.05) is 60.8 Å². The van der Waals surface area contributed by atoms with Crippen molar-refractivity contribution in [2.45, 2.75) is 6.54 Å². The molecule has 0 aliphatic carbocycles. The summed E-state index contributed by atoms with van der Waals surface area (Å²) in [7, 11) is 1.67. The lowest BCUT2D eigenvalue weighted by atomic mass is 10.0. The van der Waals surface area contributed by atoms with Gasteiger partial charge in [-0.25, -0.2) is 4.98 Å². The van der Waals surface area contributed by atoms with Gasteiger partial charge in [0.05, 0.1) is 24.9 Å². The quantitative estimate of drug-likeness (QED) is 0.443. The van der Waals surface area contributed by atoms with Gasteiger partial charge in [0.2, 0.25) is 0 Å². The fraction of sp³-hybridized carbons (Fsp3) is 0.0833. The van der Waals surface area contributed by atoms with E-state index >= 15 is 0 Å². The maximum Gasteiger partial charge on any atom is 0.121 e. The minimum atomic E-state index is 0.654. The maximum atomic E-state index is 5.37. The summed E-state index contributed by atoms with van der Waals surface area (Å²) in [4.78, 5) is 9.49. The van der Waals surface area contributed by atoms with Crippen molar-refractivity contribution in [3.63, 3.8) is 0 Å². The zero-order valence-electron chi connectivity index (χ0n) is 15.2. The second-order valence-corrected chi connectivity index (χ2v) is 6.30. The number of hydrogen-bond acceptors (Lipinski definition) is 3. The van der Waals surface area contributed by atoms with Gasteiger partial charge in [0.1, 0.15) is 5.75 Å². The van der Waals surface area contributed by atoms with Crippen LogP contribution < -0.4 is 4.74 Å². The number of aromatic nitrogens is 1. The number of fused-ring (bicyclic) bond motifs is 1. The summed E-state index contributed by atoms with van der Waals surface area (Å²) in [5, 5.41) is 1.06. The van der Waals surface area contributed by atoms with Crippen LogP contribution in [0.5, 0.6) is 5.75 Å². The lowest BCUT2D eigenvalue weighted by molar-refractivity contribution is 0.415. The molecule has 0 aliphatic heterocycles. The van der Waals surface area contributed by atoms with Crippen LogP contribution in [0.4, 0.5) is 0 Å². The predicted molar refractivity (Wildman–Crippen MR) is 111 cm³/mol. The van der Waals surface area contributed by atoms with Crippen LogP contribution in [0.15, 0.2) is 89.9 Å². The van der Waals surface area contributed by atoms with Crippen molar-refractivity contribution in [1.29, 1.82) is 0 Å². The molecule has 0 bridgehead atoms. The highest BCUT2D eigenvalue weighted by Crippen LogP contribution is 2.26. The summed E-state index contributed by atoms with van der Waals surface area (Å²) < 4.78 is 5.37. The van der Waals surface area contributed by atoms with Gasteiger partial charge in [-0.3, -0.25) is 4.99 Å². The Kier molecular flexibility index (Phi) is 4.93. The van der Waals surface area contributed by atoms with Gasteiger partial charge >= 0.3 is 0 Å². The minimum Gasteiger partial charge on any atom is -0.497 e. The number of ether oxygens (including phenoxy) is 1. The van der Waals surface area contributed by atoms with Crippen LogP contribution in [0, 0.1) is 0 Å². The highest BCUT2D eigenvalue weighted by Gasteiger charge is 2.07. The summed E-state index contributed by atoms with van der Waals surface area (Å²) in [6, 6.07) is 28.5. The first-order valence-electron chi connectivity index (χ1n) is 8.91. The average Bonchev–Trinajstić information content (AvgIpc) is 2.74. The van der Waals surface area contributed by atoms with Gasteiger partial charge in [0, 0.05) is 28.8 Å². The van der Waals surface area contributed by atoms with Crippen LogP contribution in [0.1, 0.15) is 11.1 Å². The van der Waals surface area contributed by atoms with Gasteiger partial charge in [0.15, 0.2) is 0 Å². The number of benzene rings is 3. The third-order valence-corrected chi connectivity index (χ3v) is 4.47. The Morgan fingerprint density at radius 2 is 1.63 bits per heavy atom. The Balaban J connectivity index is 1.77. The molecule has 3 heteroatoms. The topological polar surface area (TPSA) is 34.5 Å². The number of hydrogen-bond donors (Lipinski definition) is 0. The monoisotopic (exact) mass is 352 g/mol. The second kappa shape index (κ2) is 7.83. The highest BCUT2D eigenvalue weighted by molar-refractivity contribution is 6.00. The smallest absolute Gasteiger partial charge is 0.121 e. The molecule has 1 aromatic heterocycles. The van der Waals surface area contributed by atoms with Gasteiger partial charge in [-0.15, -0.1) is 0 Å². The molecule has 0 N–H and O–H groups in total. The van der Waals surface area contributed by atoms with E-state index in [2.05, 4.69) is 35.3 Å². The van der Waals surface area contributed by atoms with Gasteiger partial charge in [0.25, 0.3) is 0 Å². The summed E-state index contributed by atoms with van der Waals surface area (Å²) in [5.74, 6) is 0.799. The number of pyridine rings is 1. The standard InChI is InChI=1S/C24H20N2O/c1-27-21-12-13-22-20(17-25-16-18-8-4-2-5-9-18)14-23(26-24(22)15-21)19-10-6-3-7-11-19/h2-15,17H,16H2,1H3. The van der Waals surface area contributed by atoms with E-state index in [0.717, 1.165) is 33.5 Å². The lowest BCUT2D eigenvalue weighted by Gasteiger charge is -2.09. The van der Waals surface area contributed by atoms with Crippen LogP contribution >= 0.6 is 0 Å². The van der Waals surface area contributed by atoms with Gasteiger partial charge < -0.3 is 4.74 Å². The van der Waals surface area contributed by atoms with E-state index in [1.54, 1.807) is 7.11 Å². The molecule has 0 spiro atoms. The summed E-state index contributed by atoms with van der Waals surface area (Å²) >= 11 is 0. The molecule has 0 radical (unpaired) electrons. The summed E-state index contributed by atoms with van der Waals surface area (Å²) in [6.07, 6.45) is 1.94. The molecule has 0 unspecified atom stereocenters. The largest absolute Gasteiger partial charge is 0.497 e. The number of methoxy groups -OCH3 is 1. The Morgan fingerprint density at radius 1 is 0.889 bits per heavy atom. The van der Waals surface area contributed by atoms with Crippen LogP contribution in [-0.2, 0) is 6.54 Å². The van der Waals surface area contributed by atoms with E-state index in [0.29, 0.717) is 6.54 Å². The Bertz CT molecular complexity index is 1070. The number of aliphatic imine (C=N–C) groups is 1. The third-order valence-electron chi connectivity index (χ3n) is 4.47. The van der Waals surface area contributed by atoms with E-state index in [1.165, 1.54) is 5.56 Å². The molecular formula is C24H20N2O. The fourth-order valence-corrected chi connectivity index (χ4v) is 3.06. The molecule has 132 valence electrons. The molecule has 0 atom stereocenters. The molecule has 0 saturated heterocycles. The molecule has 0 fully saturated rings. The van der Waals surface area contributed by atoms with E-state index in [-0.39, 0.29) is 0 Å². The van der Waals surface area contributed by atoms with Crippen molar-refractivity contribution in [3.05, 3.63) is 96.1 Å². The predicted octanol–water partition coefficient (Wildman–Crippen LogP) is 5.53. The normalized spacial score (nSPS) is 11.1. The molecule has 0 saturated carbocycles. The van der Waals surface area contributed by atoms with Crippen molar-refractivity contribution < 1.29 is 4.74 Å². The SMILES string of the molecule is COc1ccc2c(C=NCc3ccccc3)cc(-c3ccccc3)nc2c1. The summed E-state index contributed by atoms with van der Waals surface area (Å²) in [5.41, 5.74) is 5.16. The molecular weight excluding hydrogens is 332 g/mol. The Hall–Kier alpha value is -3.46. The van der Waals surface area contributed by atoms with Crippen molar-refractivity contribution in [3.8, 4) is 17.0 Å². The van der Waals surface area contributed by atoms with Crippen LogP contribution in [0.3, 0.4) is 0 Å². The summed E-state index contributed by atoms with van der Waals surface area (Å²) in [6.45, 7) is 0.654. The van der Waals surface area contributed by atoms with Crippen molar-refractivity contribution in [2.75, 3.05) is 7.11 Å². The van der Waals surface area contributed by atoms with E-state index in [4.69, 9.17) is 9.72 Å². The average molecular weight is 352 g/mol. The van der Waals surface area contributed by atoms with Crippen LogP contribution in [-0.4, -0.2) is 18.3 Å². The minimum absolute atomic E-state index is 0.654. The molecule has 3 nitrogen and oxygen atoms in total. The first-order chi connectivity index (χ1) is 13.3. The Morgan fingerprint density at radius 3 is 2.37 bits per heavy atom. The fourth-order valence-electron chi connectivity index (χ4n) is 3.06. The zero-order valence-corrected chi connectivity index (χ0v) is 15.2. The molecule has 0 amide bonds. The first-order valence-corrected chi connectivity index (χ1v) is 8.91. The zero-order chi connectivity index (χ0) is 18.5. The van der Waals surface area contributed by atoms with Crippen molar-refractivity contribution in [1.82, 2.24) is 4.98 Å².